The first-order chi connectivity index (χ1) is 6.33. The number of hydrogen-bond acceptors (Lipinski definition) is 2. The smallest absolute Gasteiger partial charge is 0.115 e. The van der Waals surface area contributed by atoms with Gasteiger partial charge in [-0.2, -0.15) is 0 Å². The second-order valence-corrected chi connectivity index (χ2v) is 2.02. The van der Waals surface area contributed by atoms with Gasteiger partial charge in [0.15, 0.2) is 0 Å². The molecule has 0 heterocycles. The van der Waals surface area contributed by atoms with E-state index in [9.17, 15) is 0 Å². The molecule has 1 aromatic rings. The molecule has 13 heavy (non-hydrogen) atoms. The molecule has 1 aromatic carbocycles. The van der Waals surface area contributed by atoms with Gasteiger partial charge in [0.05, 0.1) is 0 Å². The number of aliphatic hydroxyl groups is 1. The van der Waals surface area contributed by atoms with E-state index in [1.54, 1.807) is 12.1 Å². The zero-order chi connectivity index (χ0) is 10.7. The molecule has 0 unspecified atom stereocenters. The van der Waals surface area contributed by atoms with Crippen molar-refractivity contribution in [1.29, 1.82) is 0 Å². The van der Waals surface area contributed by atoms with Gasteiger partial charge in [-0.3, -0.25) is 0 Å². The van der Waals surface area contributed by atoms with E-state index >= 15 is 0 Å². The van der Waals surface area contributed by atoms with Crippen LogP contribution >= 0.6 is 0 Å². The number of rotatable bonds is 1. The van der Waals surface area contributed by atoms with Gasteiger partial charge in [0.25, 0.3) is 0 Å². The third kappa shape index (κ3) is 7.34. The number of benzene rings is 1. The maximum atomic E-state index is 8.85. The largest absolute Gasteiger partial charge is 0.508 e. The van der Waals surface area contributed by atoms with Crippen molar-refractivity contribution in [3.8, 4) is 5.75 Å². The Morgan fingerprint density at radius 1 is 1.00 bits per heavy atom. The van der Waals surface area contributed by atoms with Crippen molar-refractivity contribution in [2.45, 2.75) is 27.2 Å². The van der Waals surface area contributed by atoms with Crippen LogP contribution < -0.4 is 0 Å². The number of aliphatic hydroxyl groups excluding tert-OH is 1. The van der Waals surface area contributed by atoms with Gasteiger partial charge < -0.3 is 10.2 Å². The van der Waals surface area contributed by atoms with Crippen molar-refractivity contribution in [2.24, 2.45) is 0 Å². The van der Waals surface area contributed by atoms with Crippen LogP contribution in [0.3, 0.4) is 0 Å². The molecule has 0 aliphatic heterocycles. The van der Waals surface area contributed by atoms with E-state index in [1.165, 1.54) is 5.56 Å². The fourth-order valence-corrected chi connectivity index (χ4v) is 0.732. The van der Waals surface area contributed by atoms with Gasteiger partial charge in [-0.25, -0.2) is 0 Å². The Bertz CT molecular complexity index is 180. The molecule has 0 radical (unpaired) electrons. The summed E-state index contributed by atoms with van der Waals surface area (Å²) in [5.74, 6) is 0.340. The predicted octanol–water partition coefficient (Wildman–Crippen LogP) is 2.59. The van der Waals surface area contributed by atoms with Crippen LogP contribution in [0.25, 0.3) is 0 Å². The molecule has 76 valence electrons. The fraction of sp³-hybridized carbons (Fsp3) is 0.455. The van der Waals surface area contributed by atoms with Gasteiger partial charge in [-0.15, -0.1) is 0 Å². The first kappa shape index (κ1) is 14.5. The summed E-state index contributed by atoms with van der Waals surface area (Å²) in [6.07, 6.45) is 1.03. The molecule has 2 heteroatoms. The Hall–Kier alpha value is -1.02. The average Bonchev–Trinajstić information content (AvgIpc) is 2.25. The SMILES string of the molecule is CC.CCc1ccc(O)cc1.CO. The minimum Gasteiger partial charge on any atom is -0.508 e. The van der Waals surface area contributed by atoms with E-state index in [4.69, 9.17) is 10.2 Å². The predicted molar refractivity (Wildman–Crippen MR) is 57.0 cm³/mol. The molecule has 0 fully saturated rings. The Kier molecular flexibility index (Phi) is 12.2. The van der Waals surface area contributed by atoms with Crippen LogP contribution in [0.1, 0.15) is 26.3 Å². The highest BCUT2D eigenvalue weighted by atomic mass is 16.3. The van der Waals surface area contributed by atoms with Crippen molar-refractivity contribution in [3.63, 3.8) is 0 Å². The molecule has 0 aliphatic carbocycles. The van der Waals surface area contributed by atoms with Crippen molar-refractivity contribution >= 4 is 0 Å². The first-order valence-electron chi connectivity index (χ1n) is 4.55. The van der Waals surface area contributed by atoms with Crippen LogP contribution in [-0.4, -0.2) is 17.3 Å². The fourth-order valence-electron chi connectivity index (χ4n) is 0.732. The lowest BCUT2D eigenvalue weighted by atomic mass is 10.2. The summed E-state index contributed by atoms with van der Waals surface area (Å²) in [6, 6.07) is 7.27. The molecule has 0 bridgehead atoms. The van der Waals surface area contributed by atoms with Gasteiger partial charge in [-0.1, -0.05) is 32.9 Å². The lowest BCUT2D eigenvalue weighted by Gasteiger charge is -1.93. The van der Waals surface area contributed by atoms with Crippen molar-refractivity contribution < 1.29 is 10.2 Å². The van der Waals surface area contributed by atoms with Crippen molar-refractivity contribution in [2.75, 3.05) is 7.11 Å². The van der Waals surface area contributed by atoms with Crippen LogP contribution in [0, 0.1) is 0 Å². The third-order valence-electron chi connectivity index (χ3n) is 1.34. The molecular weight excluding hydrogens is 164 g/mol. The minimum absolute atomic E-state index is 0.340. The lowest BCUT2D eigenvalue weighted by molar-refractivity contribution is 0.399. The van der Waals surface area contributed by atoms with Crippen molar-refractivity contribution in [3.05, 3.63) is 29.8 Å². The van der Waals surface area contributed by atoms with Crippen LogP contribution in [0.4, 0.5) is 0 Å². The number of aryl methyl sites for hydroxylation is 1. The molecule has 0 amide bonds. The standard InChI is InChI=1S/C8H10O.C2H6.CH4O/c1-2-7-3-5-8(9)6-4-7;2*1-2/h3-6,9H,2H2,1H3;1-2H3;2H,1H3. The third-order valence-corrected chi connectivity index (χ3v) is 1.34. The maximum Gasteiger partial charge on any atom is 0.115 e. The highest BCUT2D eigenvalue weighted by molar-refractivity contribution is 5.25. The van der Waals surface area contributed by atoms with Crippen LogP contribution in [0.2, 0.25) is 0 Å². The highest BCUT2D eigenvalue weighted by Gasteiger charge is 1.86. The summed E-state index contributed by atoms with van der Waals surface area (Å²) in [5.41, 5.74) is 1.26. The van der Waals surface area contributed by atoms with Crippen LogP contribution in [0.5, 0.6) is 5.75 Å². The second-order valence-electron chi connectivity index (χ2n) is 2.02. The Balaban J connectivity index is 0. The normalized spacial score (nSPS) is 7.46. The maximum absolute atomic E-state index is 8.85. The molecule has 0 aromatic heterocycles. The average molecular weight is 184 g/mol. The minimum atomic E-state index is 0.340. The molecule has 0 spiro atoms. The molecule has 2 nitrogen and oxygen atoms in total. The number of aromatic hydroxyl groups is 1. The molecule has 0 saturated heterocycles. The number of hydrogen-bond donors (Lipinski definition) is 2. The van der Waals surface area contributed by atoms with E-state index in [1.807, 2.05) is 26.0 Å². The molecule has 0 aliphatic rings. The summed E-state index contributed by atoms with van der Waals surface area (Å²) in [6.45, 7) is 6.09. The Labute approximate surface area is 80.9 Å². The van der Waals surface area contributed by atoms with Gasteiger partial charge in [0, 0.05) is 7.11 Å². The molecule has 1 rings (SSSR count). The Morgan fingerprint density at radius 2 is 1.38 bits per heavy atom. The van der Waals surface area contributed by atoms with E-state index in [0.29, 0.717) is 5.75 Å². The van der Waals surface area contributed by atoms with Gasteiger partial charge in [0.1, 0.15) is 5.75 Å². The first-order valence-corrected chi connectivity index (χ1v) is 4.55. The quantitative estimate of drug-likeness (QED) is 0.704. The summed E-state index contributed by atoms with van der Waals surface area (Å²) < 4.78 is 0. The van der Waals surface area contributed by atoms with Crippen molar-refractivity contribution in [1.82, 2.24) is 0 Å². The summed E-state index contributed by atoms with van der Waals surface area (Å²) in [5, 5.41) is 15.9. The highest BCUT2D eigenvalue weighted by Crippen LogP contribution is 2.09. The zero-order valence-electron chi connectivity index (χ0n) is 8.91. The van der Waals surface area contributed by atoms with E-state index < -0.39 is 0 Å². The second kappa shape index (κ2) is 11.0. The lowest BCUT2D eigenvalue weighted by Crippen LogP contribution is -1.75. The van der Waals surface area contributed by atoms with E-state index in [-0.39, 0.29) is 0 Å². The number of phenols is 1. The monoisotopic (exact) mass is 184 g/mol. The molecule has 0 atom stereocenters. The van der Waals surface area contributed by atoms with Gasteiger partial charge in [0.2, 0.25) is 0 Å². The molecule has 0 saturated carbocycles. The van der Waals surface area contributed by atoms with E-state index in [0.717, 1.165) is 13.5 Å². The van der Waals surface area contributed by atoms with E-state index in [2.05, 4.69) is 6.92 Å². The molecular formula is C11H20O2. The topological polar surface area (TPSA) is 40.5 Å². The van der Waals surface area contributed by atoms with Gasteiger partial charge >= 0.3 is 0 Å². The van der Waals surface area contributed by atoms with Gasteiger partial charge in [-0.05, 0) is 24.1 Å². The summed E-state index contributed by atoms with van der Waals surface area (Å²) in [7, 11) is 1.00. The van der Waals surface area contributed by atoms with Crippen LogP contribution in [0.15, 0.2) is 24.3 Å². The zero-order valence-corrected chi connectivity index (χ0v) is 8.91. The summed E-state index contributed by atoms with van der Waals surface area (Å²) in [4.78, 5) is 0. The number of phenolic OH excluding ortho intramolecular Hbond substituents is 1. The van der Waals surface area contributed by atoms with Crippen LogP contribution in [-0.2, 0) is 6.42 Å². The molecule has 2 N–H and O–H groups in total. The summed E-state index contributed by atoms with van der Waals surface area (Å²) >= 11 is 0. The Morgan fingerprint density at radius 3 is 1.69 bits per heavy atom.